The average molecular weight is 447 g/mol. The fourth-order valence-corrected chi connectivity index (χ4v) is 5.70. The third-order valence-electron chi connectivity index (χ3n) is 6.70. The van der Waals surface area contributed by atoms with E-state index in [-0.39, 0.29) is 5.63 Å². The molecule has 2 aromatic carbocycles. The Hall–Kier alpha value is -2.80. The van der Waals surface area contributed by atoms with Crippen LogP contribution in [0.1, 0.15) is 44.2 Å². The number of fused-ring (bicyclic) bond motifs is 3. The monoisotopic (exact) mass is 446 g/mol. The predicted molar refractivity (Wildman–Crippen MR) is 128 cm³/mol. The van der Waals surface area contributed by atoms with E-state index in [1.54, 1.807) is 17.8 Å². The van der Waals surface area contributed by atoms with E-state index in [9.17, 15) is 4.79 Å². The predicted octanol–water partition coefficient (Wildman–Crippen LogP) is 5.40. The second-order valence-electron chi connectivity index (χ2n) is 9.09. The van der Waals surface area contributed by atoms with Crippen molar-refractivity contribution in [3.63, 3.8) is 0 Å². The number of rotatable bonds is 5. The lowest BCUT2D eigenvalue weighted by molar-refractivity contribution is 0.429. The minimum atomic E-state index is -0.310. The summed E-state index contributed by atoms with van der Waals surface area (Å²) in [7, 11) is 0. The summed E-state index contributed by atoms with van der Waals surface area (Å²) in [6, 6.07) is 14.3. The first-order valence-corrected chi connectivity index (χ1v) is 12.4. The van der Waals surface area contributed by atoms with E-state index in [1.807, 2.05) is 24.3 Å². The van der Waals surface area contributed by atoms with Crippen molar-refractivity contribution in [2.75, 3.05) is 18.0 Å². The third kappa shape index (κ3) is 3.58. The summed E-state index contributed by atoms with van der Waals surface area (Å²) in [5.74, 6) is 2.45. The van der Waals surface area contributed by atoms with Crippen LogP contribution in [0.15, 0.2) is 56.8 Å². The molecule has 7 heteroatoms. The van der Waals surface area contributed by atoms with Crippen LogP contribution in [0.25, 0.3) is 21.7 Å². The second kappa shape index (κ2) is 7.96. The SMILES string of the molecule is CC1CCN(c2nnc(SCc3cc(=O)oc4ccc5ccccc5c34)n2C2CC2)CC1. The molecule has 3 heterocycles. The van der Waals surface area contributed by atoms with Gasteiger partial charge in [0.1, 0.15) is 5.58 Å². The zero-order valence-corrected chi connectivity index (χ0v) is 19.0. The van der Waals surface area contributed by atoms with Gasteiger partial charge in [0.2, 0.25) is 5.95 Å². The number of aromatic nitrogens is 3. The van der Waals surface area contributed by atoms with Gasteiger partial charge in [0.05, 0.1) is 0 Å². The van der Waals surface area contributed by atoms with E-state index in [4.69, 9.17) is 4.42 Å². The van der Waals surface area contributed by atoms with Crippen LogP contribution in [-0.2, 0) is 5.75 Å². The molecule has 164 valence electrons. The van der Waals surface area contributed by atoms with Gasteiger partial charge in [0.15, 0.2) is 5.16 Å². The van der Waals surface area contributed by atoms with Gasteiger partial charge in [-0.3, -0.25) is 4.57 Å². The fourth-order valence-electron chi connectivity index (χ4n) is 4.72. The Morgan fingerprint density at radius 2 is 1.88 bits per heavy atom. The Morgan fingerprint density at radius 3 is 2.69 bits per heavy atom. The van der Waals surface area contributed by atoms with Gasteiger partial charge in [-0.25, -0.2) is 4.79 Å². The summed E-state index contributed by atoms with van der Waals surface area (Å²) in [5.41, 5.74) is 1.31. The zero-order valence-electron chi connectivity index (χ0n) is 18.2. The number of piperidine rings is 1. The van der Waals surface area contributed by atoms with Gasteiger partial charge in [0.25, 0.3) is 0 Å². The molecule has 0 unspecified atom stereocenters. The number of anilines is 1. The van der Waals surface area contributed by atoms with Gasteiger partial charge in [-0.05, 0) is 54.0 Å². The smallest absolute Gasteiger partial charge is 0.336 e. The van der Waals surface area contributed by atoms with E-state index in [1.165, 1.54) is 25.7 Å². The third-order valence-corrected chi connectivity index (χ3v) is 7.69. The molecule has 0 spiro atoms. The molecule has 6 rings (SSSR count). The highest BCUT2D eigenvalue weighted by Crippen LogP contribution is 2.42. The molecule has 0 bridgehead atoms. The Bertz CT molecular complexity index is 1350. The molecular formula is C25H26N4O2S. The second-order valence-corrected chi connectivity index (χ2v) is 10.0. The van der Waals surface area contributed by atoms with E-state index >= 15 is 0 Å². The van der Waals surface area contributed by atoms with Gasteiger partial charge >= 0.3 is 5.63 Å². The Kier molecular flexibility index (Phi) is 4.94. The summed E-state index contributed by atoms with van der Waals surface area (Å²) in [6.07, 6.45) is 4.79. The van der Waals surface area contributed by atoms with Crippen LogP contribution in [0.5, 0.6) is 0 Å². The van der Waals surface area contributed by atoms with Crippen LogP contribution >= 0.6 is 11.8 Å². The maximum Gasteiger partial charge on any atom is 0.336 e. The molecule has 1 saturated heterocycles. The summed E-state index contributed by atoms with van der Waals surface area (Å²) in [4.78, 5) is 14.7. The molecule has 0 atom stereocenters. The van der Waals surface area contributed by atoms with Crippen molar-refractivity contribution in [1.29, 1.82) is 0 Å². The van der Waals surface area contributed by atoms with E-state index in [0.29, 0.717) is 17.4 Å². The average Bonchev–Trinajstić information content (AvgIpc) is 3.56. The molecule has 1 saturated carbocycles. The van der Waals surface area contributed by atoms with Crippen molar-refractivity contribution in [3.8, 4) is 0 Å². The van der Waals surface area contributed by atoms with Crippen LogP contribution in [0.4, 0.5) is 5.95 Å². The van der Waals surface area contributed by atoms with Gasteiger partial charge in [-0.1, -0.05) is 49.0 Å². The molecule has 2 aliphatic rings. The molecule has 0 radical (unpaired) electrons. The molecule has 0 N–H and O–H groups in total. The molecule has 2 aromatic heterocycles. The number of hydrogen-bond donors (Lipinski definition) is 0. The highest BCUT2D eigenvalue weighted by atomic mass is 32.2. The first kappa shape index (κ1) is 19.9. The molecule has 0 amide bonds. The topological polar surface area (TPSA) is 64.2 Å². The molecule has 6 nitrogen and oxygen atoms in total. The van der Waals surface area contributed by atoms with Crippen molar-refractivity contribution >= 4 is 39.5 Å². The van der Waals surface area contributed by atoms with Crippen molar-refractivity contribution in [2.24, 2.45) is 5.92 Å². The quantitative estimate of drug-likeness (QED) is 0.232. The first-order valence-electron chi connectivity index (χ1n) is 11.4. The highest BCUT2D eigenvalue weighted by Gasteiger charge is 2.32. The number of benzene rings is 2. The molecule has 1 aliphatic carbocycles. The lowest BCUT2D eigenvalue weighted by atomic mass is 10.00. The molecule has 4 aromatic rings. The van der Waals surface area contributed by atoms with Gasteiger partial charge in [0, 0.05) is 36.3 Å². The minimum Gasteiger partial charge on any atom is -0.423 e. The van der Waals surface area contributed by atoms with Crippen LogP contribution < -0.4 is 10.5 Å². The van der Waals surface area contributed by atoms with E-state index in [2.05, 4.69) is 38.7 Å². The molecule has 1 aliphatic heterocycles. The minimum absolute atomic E-state index is 0.310. The van der Waals surface area contributed by atoms with Crippen molar-refractivity contribution in [2.45, 2.75) is 49.6 Å². The Balaban J connectivity index is 1.35. The van der Waals surface area contributed by atoms with Crippen LogP contribution in [0.3, 0.4) is 0 Å². The summed E-state index contributed by atoms with van der Waals surface area (Å²) < 4.78 is 7.86. The van der Waals surface area contributed by atoms with Crippen molar-refractivity contribution in [1.82, 2.24) is 14.8 Å². The summed E-state index contributed by atoms with van der Waals surface area (Å²) in [5, 5.41) is 13.4. The summed E-state index contributed by atoms with van der Waals surface area (Å²) >= 11 is 1.67. The molecular weight excluding hydrogens is 420 g/mol. The normalized spacial score (nSPS) is 17.5. The van der Waals surface area contributed by atoms with Gasteiger partial charge < -0.3 is 9.32 Å². The Morgan fingerprint density at radius 1 is 1.06 bits per heavy atom. The number of thioether (sulfide) groups is 1. The lowest BCUT2D eigenvalue weighted by Crippen LogP contribution is -2.34. The highest BCUT2D eigenvalue weighted by molar-refractivity contribution is 7.98. The summed E-state index contributed by atoms with van der Waals surface area (Å²) in [6.45, 7) is 4.43. The van der Waals surface area contributed by atoms with Gasteiger partial charge in [-0.15, -0.1) is 10.2 Å². The van der Waals surface area contributed by atoms with Crippen LogP contribution in [0.2, 0.25) is 0 Å². The lowest BCUT2D eigenvalue weighted by Gasteiger charge is -2.31. The maximum atomic E-state index is 12.3. The first-order chi connectivity index (χ1) is 15.7. The van der Waals surface area contributed by atoms with Crippen molar-refractivity contribution in [3.05, 3.63) is 58.4 Å². The molecule has 32 heavy (non-hydrogen) atoms. The van der Waals surface area contributed by atoms with E-state index in [0.717, 1.165) is 51.8 Å². The van der Waals surface area contributed by atoms with Crippen molar-refractivity contribution < 1.29 is 4.42 Å². The zero-order chi connectivity index (χ0) is 21.7. The number of nitrogens with zero attached hydrogens (tertiary/aromatic N) is 4. The Labute approximate surface area is 190 Å². The van der Waals surface area contributed by atoms with Crippen LogP contribution in [-0.4, -0.2) is 27.9 Å². The fraction of sp³-hybridized carbons (Fsp3) is 0.400. The van der Waals surface area contributed by atoms with Crippen LogP contribution in [0, 0.1) is 5.92 Å². The van der Waals surface area contributed by atoms with Gasteiger partial charge in [-0.2, -0.15) is 0 Å². The number of hydrogen-bond acceptors (Lipinski definition) is 6. The van der Waals surface area contributed by atoms with E-state index < -0.39 is 0 Å². The molecule has 2 fully saturated rings. The maximum absolute atomic E-state index is 12.3. The largest absolute Gasteiger partial charge is 0.423 e. The standard InChI is InChI=1S/C25H26N4O2S/c1-16-10-12-28(13-11-16)24-26-27-25(29(24)19-7-8-19)32-15-18-14-22(30)31-21-9-6-17-4-2-3-5-20(17)23(18)21/h2-6,9,14,16,19H,7-8,10-13,15H2,1H3.